The van der Waals surface area contributed by atoms with Crippen molar-refractivity contribution in [3.63, 3.8) is 0 Å². The Bertz CT molecular complexity index is 444. The fourth-order valence-electron chi connectivity index (χ4n) is 1.56. The van der Waals surface area contributed by atoms with Crippen molar-refractivity contribution >= 4 is 27.5 Å². The lowest BCUT2D eigenvalue weighted by atomic mass is 9.88. The topological polar surface area (TPSA) is 70.6 Å². The van der Waals surface area contributed by atoms with Gasteiger partial charge in [0.1, 0.15) is 5.84 Å². The summed E-state index contributed by atoms with van der Waals surface area (Å²) in [5, 5.41) is 15.1. The zero-order valence-corrected chi connectivity index (χ0v) is 12.6. The summed E-state index contributed by atoms with van der Waals surface area (Å²) in [6.45, 7) is 6.71. The minimum atomic E-state index is -0.321. The number of nitrogens with one attached hydrogen (secondary N) is 1. The molecule has 0 atom stereocenters. The van der Waals surface area contributed by atoms with Gasteiger partial charge in [-0.1, -0.05) is 31.1 Å². The van der Waals surface area contributed by atoms with Gasteiger partial charge in [-0.2, -0.15) is 0 Å². The highest BCUT2D eigenvalue weighted by Gasteiger charge is 2.22. The average molecular weight is 314 g/mol. The summed E-state index contributed by atoms with van der Waals surface area (Å²) in [7, 11) is 0. The van der Waals surface area contributed by atoms with Crippen molar-refractivity contribution in [2.24, 2.45) is 16.3 Å². The summed E-state index contributed by atoms with van der Waals surface area (Å²) in [5.41, 5.74) is 7.58. The summed E-state index contributed by atoms with van der Waals surface area (Å²) >= 11 is 3.55. The quantitative estimate of drug-likeness (QED) is 0.338. The third kappa shape index (κ3) is 3.63. The maximum Gasteiger partial charge on any atom is 0.144 e. The molecule has 0 aliphatic rings. The van der Waals surface area contributed by atoms with E-state index in [0.29, 0.717) is 0 Å². The molecule has 0 radical (unpaired) electrons. The van der Waals surface area contributed by atoms with Crippen LogP contribution in [0.2, 0.25) is 0 Å². The van der Waals surface area contributed by atoms with Crippen LogP contribution < -0.4 is 11.1 Å². The first-order valence-electron chi connectivity index (χ1n) is 5.85. The molecule has 0 amide bonds. The lowest BCUT2D eigenvalue weighted by Crippen LogP contribution is -2.33. The summed E-state index contributed by atoms with van der Waals surface area (Å²) in [6.07, 6.45) is 0.781. The Labute approximate surface area is 116 Å². The van der Waals surface area contributed by atoms with Crippen molar-refractivity contribution in [2.45, 2.75) is 27.2 Å². The normalized spacial score (nSPS) is 12.6. The van der Waals surface area contributed by atoms with E-state index < -0.39 is 0 Å². The second-order valence-corrected chi connectivity index (χ2v) is 5.78. The third-order valence-electron chi connectivity index (χ3n) is 3.06. The minimum Gasteiger partial charge on any atom is -0.409 e. The van der Waals surface area contributed by atoms with Crippen LogP contribution in [0.15, 0.2) is 27.8 Å². The lowest BCUT2D eigenvalue weighted by Gasteiger charge is -2.23. The monoisotopic (exact) mass is 313 g/mol. The van der Waals surface area contributed by atoms with Crippen molar-refractivity contribution < 1.29 is 5.21 Å². The summed E-state index contributed by atoms with van der Waals surface area (Å²) in [4.78, 5) is 0. The fourth-order valence-corrected chi connectivity index (χ4v) is 1.96. The van der Waals surface area contributed by atoms with Gasteiger partial charge < -0.3 is 16.3 Å². The summed E-state index contributed by atoms with van der Waals surface area (Å²) in [6, 6.07) is 6.08. The number of hydrogen-bond donors (Lipinski definition) is 3. The molecule has 1 aromatic rings. The van der Waals surface area contributed by atoms with Crippen LogP contribution in [0.3, 0.4) is 0 Å². The standard InChI is InChI=1S/C13H20BrN3O/c1-9-5-4-6-10(11(9)14)16-8-7-13(2,3)12(15)17-18/h4-6,16,18H,7-8H2,1-3H3,(H2,15,17). The van der Waals surface area contributed by atoms with Crippen molar-refractivity contribution in [3.8, 4) is 0 Å². The molecule has 0 aromatic heterocycles. The molecule has 0 saturated heterocycles. The first-order valence-corrected chi connectivity index (χ1v) is 6.65. The van der Waals surface area contributed by atoms with E-state index in [9.17, 15) is 0 Å². The van der Waals surface area contributed by atoms with Crippen molar-refractivity contribution in [1.82, 2.24) is 0 Å². The molecule has 0 heterocycles. The van der Waals surface area contributed by atoms with Crippen LogP contribution in [0.4, 0.5) is 5.69 Å². The molecule has 0 unspecified atom stereocenters. The van der Waals surface area contributed by atoms with Crippen molar-refractivity contribution in [3.05, 3.63) is 28.2 Å². The molecule has 0 spiro atoms. The minimum absolute atomic E-state index is 0.257. The van der Waals surface area contributed by atoms with Crippen LogP contribution in [0.25, 0.3) is 0 Å². The zero-order chi connectivity index (χ0) is 13.8. The van der Waals surface area contributed by atoms with Crippen LogP contribution in [0, 0.1) is 12.3 Å². The smallest absolute Gasteiger partial charge is 0.144 e. The van der Waals surface area contributed by atoms with Crippen molar-refractivity contribution in [1.29, 1.82) is 0 Å². The van der Waals surface area contributed by atoms with Gasteiger partial charge in [-0.15, -0.1) is 0 Å². The Morgan fingerprint density at radius 3 is 2.78 bits per heavy atom. The molecule has 0 saturated carbocycles. The molecular formula is C13H20BrN3O. The fraction of sp³-hybridized carbons (Fsp3) is 0.462. The van der Waals surface area contributed by atoms with E-state index in [-0.39, 0.29) is 11.3 Å². The molecule has 1 rings (SSSR count). The van der Waals surface area contributed by atoms with Gasteiger partial charge in [-0.25, -0.2) is 0 Å². The second kappa shape index (κ2) is 6.09. The predicted molar refractivity (Wildman–Crippen MR) is 79.2 cm³/mol. The van der Waals surface area contributed by atoms with E-state index in [2.05, 4.69) is 39.4 Å². The molecule has 4 nitrogen and oxygen atoms in total. The van der Waals surface area contributed by atoms with Gasteiger partial charge in [0.2, 0.25) is 0 Å². The van der Waals surface area contributed by atoms with Crippen LogP contribution >= 0.6 is 15.9 Å². The number of benzene rings is 1. The molecule has 4 N–H and O–H groups in total. The van der Waals surface area contributed by atoms with Crippen LogP contribution in [-0.4, -0.2) is 17.6 Å². The lowest BCUT2D eigenvalue weighted by molar-refractivity contribution is 0.306. The molecule has 18 heavy (non-hydrogen) atoms. The van der Waals surface area contributed by atoms with Gasteiger partial charge in [0.05, 0.1) is 0 Å². The van der Waals surface area contributed by atoms with E-state index in [0.717, 1.165) is 23.1 Å². The number of anilines is 1. The van der Waals surface area contributed by atoms with Gasteiger partial charge in [-0.3, -0.25) is 0 Å². The Morgan fingerprint density at radius 2 is 2.17 bits per heavy atom. The number of aryl methyl sites for hydroxylation is 1. The van der Waals surface area contributed by atoms with E-state index in [1.54, 1.807) is 0 Å². The second-order valence-electron chi connectivity index (χ2n) is 4.98. The highest BCUT2D eigenvalue weighted by molar-refractivity contribution is 9.10. The molecule has 5 heteroatoms. The van der Waals surface area contributed by atoms with Crippen LogP contribution in [-0.2, 0) is 0 Å². The number of nitrogens with two attached hydrogens (primary N) is 1. The maximum atomic E-state index is 8.70. The number of rotatable bonds is 5. The molecule has 0 aliphatic heterocycles. The average Bonchev–Trinajstić information content (AvgIpc) is 2.33. The van der Waals surface area contributed by atoms with Crippen LogP contribution in [0.5, 0.6) is 0 Å². The largest absolute Gasteiger partial charge is 0.409 e. The zero-order valence-electron chi connectivity index (χ0n) is 11.0. The summed E-state index contributed by atoms with van der Waals surface area (Å²) in [5.74, 6) is 0.257. The van der Waals surface area contributed by atoms with E-state index in [1.807, 2.05) is 26.0 Å². The molecule has 100 valence electrons. The van der Waals surface area contributed by atoms with Gasteiger partial charge in [0.25, 0.3) is 0 Å². The van der Waals surface area contributed by atoms with E-state index in [4.69, 9.17) is 10.9 Å². The number of hydrogen-bond acceptors (Lipinski definition) is 3. The Hall–Kier alpha value is -1.23. The molecule has 0 fully saturated rings. The van der Waals surface area contributed by atoms with Crippen molar-refractivity contribution in [2.75, 3.05) is 11.9 Å². The SMILES string of the molecule is Cc1cccc(NCCC(C)(C)/C(N)=N/O)c1Br. The summed E-state index contributed by atoms with van der Waals surface area (Å²) < 4.78 is 1.08. The first kappa shape index (κ1) is 14.8. The molecule has 0 aliphatic carbocycles. The van der Waals surface area contributed by atoms with Gasteiger partial charge >= 0.3 is 0 Å². The predicted octanol–water partition coefficient (Wildman–Crippen LogP) is 3.33. The van der Waals surface area contributed by atoms with Gasteiger partial charge in [0.15, 0.2) is 0 Å². The van der Waals surface area contributed by atoms with Crippen LogP contribution in [0.1, 0.15) is 25.8 Å². The molecule has 1 aromatic carbocycles. The molecule has 0 bridgehead atoms. The highest BCUT2D eigenvalue weighted by Crippen LogP contribution is 2.27. The third-order valence-corrected chi connectivity index (χ3v) is 4.11. The number of nitrogens with zero attached hydrogens (tertiary/aromatic N) is 1. The van der Waals surface area contributed by atoms with E-state index in [1.165, 1.54) is 5.56 Å². The maximum absolute atomic E-state index is 8.70. The number of oxime groups is 1. The van der Waals surface area contributed by atoms with Gasteiger partial charge in [-0.05, 0) is 40.9 Å². The Balaban J connectivity index is 2.60. The highest BCUT2D eigenvalue weighted by atomic mass is 79.9. The first-order chi connectivity index (χ1) is 8.38. The number of amidine groups is 1. The Kier molecular flexibility index (Phi) is 5.02. The van der Waals surface area contributed by atoms with Gasteiger partial charge in [0, 0.05) is 22.1 Å². The number of halogens is 1. The Morgan fingerprint density at radius 1 is 1.50 bits per heavy atom. The molecular weight excluding hydrogens is 294 g/mol. The van der Waals surface area contributed by atoms with E-state index >= 15 is 0 Å².